The van der Waals surface area contributed by atoms with E-state index in [-0.39, 0.29) is 5.91 Å². The Morgan fingerprint density at radius 2 is 1.92 bits per heavy atom. The van der Waals surface area contributed by atoms with Crippen LogP contribution in [0.1, 0.15) is 22.0 Å². The summed E-state index contributed by atoms with van der Waals surface area (Å²) < 4.78 is 5.53. The molecule has 0 saturated carbocycles. The van der Waals surface area contributed by atoms with Crippen LogP contribution >= 0.6 is 0 Å². The third-order valence-electron chi connectivity index (χ3n) is 3.78. The first-order valence-electron chi connectivity index (χ1n) is 7.69. The smallest absolute Gasteiger partial charge is 0.254 e. The summed E-state index contributed by atoms with van der Waals surface area (Å²) in [7, 11) is 3.47. The summed E-state index contributed by atoms with van der Waals surface area (Å²) in [6.07, 6.45) is 1.74. The Hall–Kier alpha value is -2.95. The third kappa shape index (κ3) is 2.93. The van der Waals surface area contributed by atoms with Crippen molar-refractivity contribution in [2.24, 2.45) is 0 Å². The zero-order valence-electron chi connectivity index (χ0n) is 14.2. The Morgan fingerprint density at radius 3 is 2.50 bits per heavy atom. The van der Waals surface area contributed by atoms with Crippen LogP contribution in [0, 0.1) is 13.8 Å². The number of hydrogen-bond donors (Lipinski definition) is 0. The quantitative estimate of drug-likeness (QED) is 0.737. The van der Waals surface area contributed by atoms with Crippen LogP contribution in [-0.4, -0.2) is 34.9 Å². The molecule has 0 radical (unpaired) electrons. The predicted octanol–water partition coefficient (Wildman–Crippen LogP) is 3.72. The Balaban J connectivity index is 2.19. The highest BCUT2D eigenvalue weighted by Crippen LogP contribution is 2.30. The SMILES string of the molecule is Cc1nc(-c2ccc(-c3ccccn3)cc2C(=O)N(C)C)c(C)o1. The molecule has 5 heteroatoms. The van der Waals surface area contributed by atoms with E-state index in [1.807, 2.05) is 43.3 Å². The number of hydrogen-bond acceptors (Lipinski definition) is 4. The van der Waals surface area contributed by atoms with Gasteiger partial charge in [0.25, 0.3) is 5.91 Å². The van der Waals surface area contributed by atoms with Crippen LogP contribution in [0.4, 0.5) is 0 Å². The Labute approximate surface area is 141 Å². The van der Waals surface area contributed by atoms with Crippen LogP contribution < -0.4 is 0 Å². The molecule has 0 saturated heterocycles. The number of carbonyl (C=O) groups is 1. The Kier molecular flexibility index (Phi) is 4.16. The number of amides is 1. The van der Waals surface area contributed by atoms with Gasteiger partial charge in [-0.3, -0.25) is 9.78 Å². The highest BCUT2D eigenvalue weighted by atomic mass is 16.4. The largest absolute Gasteiger partial charge is 0.446 e. The first-order chi connectivity index (χ1) is 11.5. The fraction of sp³-hybridized carbons (Fsp3) is 0.211. The van der Waals surface area contributed by atoms with Gasteiger partial charge in [0.15, 0.2) is 5.89 Å². The van der Waals surface area contributed by atoms with E-state index >= 15 is 0 Å². The lowest BCUT2D eigenvalue weighted by molar-refractivity contribution is 0.0828. The van der Waals surface area contributed by atoms with Crippen molar-refractivity contribution in [3.63, 3.8) is 0 Å². The molecule has 2 aromatic heterocycles. The van der Waals surface area contributed by atoms with E-state index in [1.165, 1.54) is 0 Å². The van der Waals surface area contributed by atoms with Crippen LogP contribution in [0.5, 0.6) is 0 Å². The van der Waals surface area contributed by atoms with Crippen LogP contribution in [-0.2, 0) is 0 Å². The van der Waals surface area contributed by atoms with E-state index in [0.717, 1.165) is 16.8 Å². The summed E-state index contributed by atoms with van der Waals surface area (Å²) in [4.78, 5) is 23.0. The lowest BCUT2D eigenvalue weighted by Gasteiger charge is -2.15. The number of benzene rings is 1. The van der Waals surface area contributed by atoms with Gasteiger partial charge in [-0.25, -0.2) is 4.98 Å². The van der Waals surface area contributed by atoms with E-state index < -0.39 is 0 Å². The molecule has 0 atom stereocenters. The molecule has 3 aromatic rings. The van der Waals surface area contributed by atoms with Crippen molar-refractivity contribution in [3.05, 3.63) is 59.8 Å². The molecule has 0 spiro atoms. The molecule has 122 valence electrons. The molecule has 2 heterocycles. The zero-order valence-corrected chi connectivity index (χ0v) is 14.2. The minimum Gasteiger partial charge on any atom is -0.446 e. The first-order valence-corrected chi connectivity index (χ1v) is 7.69. The molecule has 0 aliphatic heterocycles. The van der Waals surface area contributed by atoms with Crippen LogP contribution in [0.2, 0.25) is 0 Å². The zero-order chi connectivity index (χ0) is 17.3. The maximum atomic E-state index is 12.7. The number of nitrogens with zero attached hydrogens (tertiary/aromatic N) is 3. The lowest BCUT2D eigenvalue weighted by Crippen LogP contribution is -2.22. The van der Waals surface area contributed by atoms with E-state index in [2.05, 4.69) is 9.97 Å². The molecule has 0 unspecified atom stereocenters. The van der Waals surface area contributed by atoms with Gasteiger partial charge < -0.3 is 9.32 Å². The second-order valence-electron chi connectivity index (χ2n) is 5.81. The minimum atomic E-state index is -0.0807. The second kappa shape index (κ2) is 6.28. The number of rotatable bonds is 3. The van der Waals surface area contributed by atoms with Crippen molar-refractivity contribution in [3.8, 4) is 22.5 Å². The molecule has 3 rings (SSSR count). The molecule has 24 heavy (non-hydrogen) atoms. The molecular formula is C19H19N3O2. The number of aromatic nitrogens is 2. The number of oxazole rings is 1. The van der Waals surface area contributed by atoms with Crippen LogP contribution in [0.25, 0.3) is 22.5 Å². The molecule has 0 aliphatic rings. The molecule has 5 nitrogen and oxygen atoms in total. The summed E-state index contributed by atoms with van der Waals surface area (Å²) in [6.45, 7) is 3.65. The monoisotopic (exact) mass is 321 g/mol. The van der Waals surface area contributed by atoms with Gasteiger partial charge in [0.1, 0.15) is 11.5 Å². The van der Waals surface area contributed by atoms with Crippen molar-refractivity contribution < 1.29 is 9.21 Å². The van der Waals surface area contributed by atoms with Crippen LogP contribution in [0.15, 0.2) is 47.0 Å². The van der Waals surface area contributed by atoms with E-state index in [9.17, 15) is 4.79 Å². The molecular weight excluding hydrogens is 302 g/mol. The van der Waals surface area contributed by atoms with Gasteiger partial charge in [0.2, 0.25) is 0 Å². The standard InChI is InChI=1S/C19H19N3O2/c1-12-18(21-13(2)24-12)15-9-8-14(17-7-5-6-10-20-17)11-16(15)19(23)22(3)4/h5-11H,1-4H3. The third-order valence-corrected chi connectivity index (χ3v) is 3.78. The molecule has 1 amide bonds. The van der Waals surface area contributed by atoms with Gasteiger partial charge in [-0.1, -0.05) is 18.2 Å². The average molecular weight is 321 g/mol. The molecule has 0 N–H and O–H groups in total. The van der Waals surface area contributed by atoms with Gasteiger partial charge in [0.05, 0.1) is 5.69 Å². The number of carbonyl (C=O) groups excluding carboxylic acids is 1. The fourth-order valence-corrected chi connectivity index (χ4v) is 2.64. The first kappa shape index (κ1) is 15.9. The molecule has 0 fully saturated rings. The van der Waals surface area contributed by atoms with Crippen molar-refractivity contribution >= 4 is 5.91 Å². The predicted molar refractivity (Wildman–Crippen MR) is 92.7 cm³/mol. The van der Waals surface area contributed by atoms with Gasteiger partial charge in [0, 0.05) is 43.9 Å². The van der Waals surface area contributed by atoms with Gasteiger partial charge in [-0.2, -0.15) is 0 Å². The summed E-state index contributed by atoms with van der Waals surface area (Å²) in [5, 5.41) is 0. The van der Waals surface area contributed by atoms with Crippen molar-refractivity contribution in [1.29, 1.82) is 0 Å². The summed E-state index contributed by atoms with van der Waals surface area (Å²) in [5.74, 6) is 1.20. The normalized spacial score (nSPS) is 10.7. The summed E-state index contributed by atoms with van der Waals surface area (Å²) in [5.41, 5.74) is 3.76. The highest BCUT2D eigenvalue weighted by molar-refractivity contribution is 6.01. The fourth-order valence-electron chi connectivity index (χ4n) is 2.64. The van der Waals surface area contributed by atoms with Gasteiger partial charge >= 0.3 is 0 Å². The lowest BCUT2D eigenvalue weighted by atomic mass is 9.98. The van der Waals surface area contributed by atoms with Gasteiger partial charge in [-0.15, -0.1) is 0 Å². The van der Waals surface area contributed by atoms with E-state index in [4.69, 9.17) is 4.42 Å². The van der Waals surface area contributed by atoms with Crippen molar-refractivity contribution in [2.75, 3.05) is 14.1 Å². The highest BCUT2D eigenvalue weighted by Gasteiger charge is 2.20. The Morgan fingerprint density at radius 1 is 1.12 bits per heavy atom. The maximum absolute atomic E-state index is 12.7. The average Bonchev–Trinajstić information content (AvgIpc) is 2.92. The maximum Gasteiger partial charge on any atom is 0.254 e. The van der Waals surface area contributed by atoms with Crippen molar-refractivity contribution in [2.45, 2.75) is 13.8 Å². The Bertz CT molecular complexity index is 883. The molecule has 0 aliphatic carbocycles. The summed E-state index contributed by atoms with van der Waals surface area (Å²) in [6, 6.07) is 11.4. The van der Waals surface area contributed by atoms with E-state index in [1.54, 1.807) is 32.1 Å². The number of pyridine rings is 1. The second-order valence-corrected chi connectivity index (χ2v) is 5.81. The van der Waals surface area contributed by atoms with E-state index in [0.29, 0.717) is 22.9 Å². The summed E-state index contributed by atoms with van der Waals surface area (Å²) >= 11 is 0. The topological polar surface area (TPSA) is 59.2 Å². The van der Waals surface area contributed by atoms with Crippen LogP contribution in [0.3, 0.4) is 0 Å². The minimum absolute atomic E-state index is 0.0807. The molecule has 1 aromatic carbocycles. The van der Waals surface area contributed by atoms with Gasteiger partial charge in [-0.05, 0) is 25.1 Å². The van der Waals surface area contributed by atoms with Crippen molar-refractivity contribution in [1.82, 2.24) is 14.9 Å². The number of aryl methyl sites for hydroxylation is 2. The molecule has 0 bridgehead atoms.